The number of benzene rings is 1. The second-order valence-corrected chi connectivity index (χ2v) is 5.25. The average molecular weight is 270 g/mol. The first-order chi connectivity index (χ1) is 8.51. The molecule has 0 radical (unpaired) electrons. The van der Waals surface area contributed by atoms with Crippen LogP contribution in [0.3, 0.4) is 0 Å². The van der Waals surface area contributed by atoms with Crippen molar-refractivity contribution in [2.45, 2.75) is 52.5 Å². The first kappa shape index (κ1) is 15.3. The van der Waals surface area contributed by atoms with E-state index < -0.39 is 0 Å². The van der Waals surface area contributed by atoms with Crippen molar-refractivity contribution < 1.29 is 4.74 Å². The predicted octanol–water partition coefficient (Wildman–Crippen LogP) is 4.03. The van der Waals surface area contributed by atoms with Gasteiger partial charge in [0.2, 0.25) is 0 Å². The number of rotatable bonds is 6. The van der Waals surface area contributed by atoms with Gasteiger partial charge < -0.3 is 10.5 Å². The summed E-state index contributed by atoms with van der Waals surface area (Å²) in [5.74, 6) is 0.944. The molecule has 3 heteroatoms. The van der Waals surface area contributed by atoms with Gasteiger partial charge >= 0.3 is 0 Å². The molecule has 0 bridgehead atoms. The molecule has 1 aromatic rings. The van der Waals surface area contributed by atoms with Crippen molar-refractivity contribution in [3.63, 3.8) is 0 Å². The minimum atomic E-state index is 0.303. The molecule has 1 unspecified atom stereocenters. The molecule has 0 amide bonds. The third kappa shape index (κ3) is 3.63. The van der Waals surface area contributed by atoms with E-state index in [1.807, 2.05) is 13.0 Å². The molecular formula is C15H24ClNO. The van der Waals surface area contributed by atoms with Gasteiger partial charge in [-0.15, -0.1) is 0 Å². The lowest BCUT2D eigenvalue weighted by Gasteiger charge is -2.16. The molecule has 0 aliphatic carbocycles. The van der Waals surface area contributed by atoms with Crippen LogP contribution < -0.4 is 10.5 Å². The van der Waals surface area contributed by atoms with E-state index >= 15 is 0 Å². The number of aryl methyl sites for hydroxylation is 1. The Morgan fingerprint density at radius 3 is 2.61 bits per heavy atom. The van der Waals surface area contributed by atoms with Gasteiger partial charge in [-0.3, -0.25) is 0 Å². The summed E-state index contributed by atoms with van der Waals surface area (Å²) in [5.41, 5.74) is 9.37. The van der Waals surface area contributed by atoms with Gasteiger partial charge in [0.05, 0.1) is 7.11 Å². The third-order valence-electron chi connectivity index (χ3n) is 3.52. The minimum absolute atomic E-state index is 0.303. The molecule has 1 atom stereocenters. The molecule has 2 N–H and O–H groups in total. The van der Waals surface area contributed by atoms with Gasteiger partial charge in [-0.25, -0.2) is 0 Å². The zero-order valence-electron chi connectivity index (χ0n) is 11.8. The molecule has 0 aliphatic heterocycles. The largest absolute Gasteiger partial charge is 0.496 e. The first-order valence-electron chi connectivity index (χ1n) is 6.59. The van der Waals surface area contributed by atoms with Gasteiger partial charge in [-0.1, -0.05) is 18.5 Å². The summed E-state index contributed by atoms with van der Waals surface area (Å²) < 4.78 is 5.46. The van der Waals surface area contributed by atoms with Crippen molar-refractivity contribution in [1.82, 2.24) is 0 Å². The van der Waals surface area contributed by atoms with Crippen molar-refractivity contribution >= 4 is 11.6 Å². The van der Waals surface area contributed by atoms with Gasteiger partial charge in [-0.05, 0) is 62.3 Å². The highest BCUT2D eigenvalue weighted by molar-refractivity contribution is 6.32. The van der Waals surface area contributed by atoms with Gasteiger partial charge in [-0.2, -0.15) is 0 Å². The van der Waals surface area contributed by atoms with Crippen LogP contribution >= 0.6 is 11.6 Å². The Hall–Kier alpha value is -0.730. The summed E-state index contributed by atoms with van der Waals surface area (Å²) in [6, 6.07) is 2.32. The lowest BCUT2D eigenvalue weighted by atomic mass is 9.97. The zero-order valence-corrected chi connectivity index (χ0v) is 12.6. The van der Waals surface area contributed by atoms with E-state index in [-0.39, 0.29) is 0 Å². The number of hydrogen-bond acceptors (Lipinski definition) is 2. The van der Waals surface area contributed by atoms with E-state index in [0.29, 0.717) is 6.04 Å². The van der Waals surface area contributed by atoms with Crippen LogP contribution in [0.5, 0.6) is 5.75 Å². The van der Waals surface area contributed by atoms with Crippen molar-refractivity contribution in [3.05, 3.63) is 27.8 Å². The first-order valence-corrected chi connectivity index (χ1v) is 6.97. The lowest BCUT2D eigenvalue weighted by molar-refractivity contribution is 0.407. The average Bonchev–Trinajstić information content (AvgIpc) is 2.37. The number of hydrogen-bond donors (Lipinski definition) is 1. The molecule has 102 valence electrons. The monoisotopic (exact) mass is 269 g/mol. The summed E-state index contributed by atoms with van der Waals surface area (Å²) in [7, 11) is 1.71. The molecule has 0 heterocycles. The molecular weight excluding hydrogens is 246 g/mol. The lowest BCUT2D eigenvalue weighted by Crippen LogP contribution is -2.18. The fraction of sp³-hybridized carbons (Fsp3) is 0.600. The molecule has 0 aromatic heterocycles. The molecule has 2 nitrogen and oxygen atoms in total. The molecule has 18 heavy (non-hydrogen) atoms. The van der Waals surface area contributed by atoms with Crippen molar-refractivity contribution in [3.8, 4) is 5.75 Å². The molecule has 0 saturated heterocycles. The maximum Gasteiger partial charge on any atom is 0.122 e. The third-order valence-corrected chi connectivity index (χ3v) is 4.10. The van der Waals surface area contributed by atoms with E-state index in [0.717, 1.165) is 47.6 Å². The van der Waals surface area contributed by atoms with Gasteiger partial charge in [0.15, 0.2) is 0 Å². The topological polar surface area (TPSA) is 35.2 Å². The smallest absolute Gasteiger partial charge is 0.122 e. The van der Waals surface area contributed by atoms with Crippen LogP contribution in [0.4, 0.5) is 0 Å². The molecule has 0 fully saturated rings. The van der Waals surface area contributed by atoms with Crippen LogP contribution in [0.25, 0.3) is 0 Å². The normalized spacial score (nSPS) is 12.6. The highest BCUT2D eigenvalue weighted by Gasteiger charge is 2.12. The predicted molar refractivity (Wildman–Crippen MR) is 78.7 cm³/mol. The van der Waals surface area contributed by atoms with E-state index in [1.165, 1.54) is 5.56 Å². The Labute approximate surface area is 115 Å². The Balaban J connectivity index is 2.84. The van der Waals surface area contributed by atoms with E-state index in [4.69, 9.17) is 22.1 Å². The highest BCUT2D eigenvalue weighted by atomic mass is 35.5. The highest BCUT2D eigenvalue weighted by Crippen LogP contribution is 2.32. The number of ether oxygens (including phenoxy) is 1. The van der Waals surface area contributed by atoms with Gasteiger partial charge in [0.1, 0.15) is 5.75 Å². The van der Waals surface area contributed by atoms with Crippen molar-refractivity contribution in [2.75, 3.05) is 7.11 Å². The van der Waals surface area contributed by atoms with Crippen LogP contribution in [0.2, 0.25) is 5.02 Å². The van der Waals surface area contributed by atoms with Crippen molar-refractivity contribution in [1.29, 1.82) is 0 Å². The Kier molecular flexibility index (Phi) is 5.97. The maximum absolute atomic E-state index is 6.30. The van der Waals surface area contributed by atoms with Crippen LogP contribution in [0, 0.1) is 13.8 Å². The quantitative estimate of drug-likeness (QED) is 0.846. The summed E-state index contributed by atoms with van der Waals surface area (Å²) in [5, 5.41) is 0.852. The van der Waals surface area contributed by atoms with Gasteiger partial charge in [0.25, 0.3) is 0 Å². The number of methoxy groups -OCH3 is 1. The van der Waals surface area contributed by atoms with Crippen molar-refractivity contribution in [2.24, 2.45) is 5.73 Å². The number of halogens is 1. The second kappa shape index (κ2) is 7.01. The maximum atomic E-state index is 6.30. The summed E-state index contributed by atoms with van der Waals surface area (Å²) in [4.78, 5) is 0. The van der Waals surface area contributed by atoms with Crippen LogP contribution in [-0.2, 0) is 6.42 Å². The fourth-order valence-electron chi connectivity index (χ4n) is 2.20. The molecule has 0 spiro atoms. The second-order valence-electron chi connectivity index (χ2n) is 4.87. The SMILES string of the molecule is CCC(N)CCCc1c(OC)cc(C)c(Cl)c1C. The van der Waals surface area contributed by atoms with E-state index in [1.54, 1.807) is 7.11 Å². The summed E-state index contributed by atoms with van der Waals surface area (Å²) >= 11 is 6.30. The Morgan fingerprint density at radius 1 is 1.39 bits per heavy atom. The summed E-state index contributed by atoms with van der Waals surface area (Å²) in [6.45, 7) is 6.20. The zero-order chi connectivity index (χ0) is 13.7. The van der Waals surface area contributed by atoms with Crippen LogP contribution in [0.15, 0.2) is 6.07 Å². The molecule has 1 aromatic carbocycles. The summed E-state index contributed by atoms with van der Waals surface area (Å²) in [6.07, 6.45) is 4.13. The molecule has 0 aliphatic rings. The molecule has 0 saturated carbocycles. The van der Waals surface area contributed by atoms with Crippen LogP contribution in [-0.4, -0.2) is 13.2 Å². The minimum Gasteiger partial charge on any atom is -0.496 e. The van der Waals surface area contributed by atoms with Crippen LogP contribution in [0.1, 0.15) is 42.9 Å². The Bertz CT molecular complexity index is 404. The fourth-order valence-corrected chi connectivity index (χ4v) is 2.37. The van der Waals surface area contributed by atoms with Gasteiger partial charge in [0, 0.05) is 11.1 Å². The Morgan fingerprint density at radius 2 is 2.06 bits per heavy atom. The number of nitrogens with two attached hydrogens (primary N) is 1. The van der Waals surface area contributed by atoms with E-state index in [2.05, 4.69) is 13.8 Å². The molecule has 1 rings (SSSR count). The van der Waals surface area contributed by atoms with E-state index in [9.17, 15) is 0 Å². The standard InChI is InChI=1S/C15H24ClNO/c1-5-12(17)7-6-8-13-11(3)15(16)10(2)9-14(13)18-4/h9,12H,5-8,17H2,1-4H3.